The first-order valence-corrected chi connectivity index (χ1v) is 8.86. The van der Waals surface area contributed by atoms with E-state index in [0.717, 1.165) is 25.1 Å². The number of cyclic esters (lactones) is 1. The summed E-state index contributed by atoms with van der Waals surface area (Å²) in [4.78, 5) is 27.5. The van der Waals surface area contributed by atoms with Crippen LogP contribution in [0.25, 0.3) is 0 Å². The van der Waals surface area contributed by atoms with Gasteiger partial charge in [0, 0.05) is 19.5 Å². The van der Waals surface area contributed by atoms with Gasteiger partial charge in [-0.2, -0.15) is 0 Å². The minimum absolute atomic E-state index is 0.00567. The molecule has 0 amide bonds. The average Bonchev–Trinajstić information content (AvgIpc) is 3.09. The Hall–Kier alpha value is -1.44. The smallest absolute Gasteiger partial charge is 0.341 e. The largest absolute Gasteiger partial charge is 0.460 e. The predicted octanol–water partition coefficient (Wildman–Crippen LogP) is 0.548. The van der Waals surface area contributed by atoms with E-state index in [1.54, 1.807) is 13.8 Å². The summed E-state index contributed by atoms with van der Waals surface area (Å²) in [5.74, 6) is -0.946. The van der Waals surface area contributed by atoms with Crippen LogP contribution in [0.2, 0.25) is 0 Å². The van der Waals surface area contributed by atoms with Crippen molar-refractivity contribution in [3.8, 4) is 0 Å². The number of ether oxygens (including phenoxy) is 3. The van der Waals surface area contributed by atoms with E-state index in [9.17, 15) is 14.7 Å². The molecule has 5 atom stereocenters. The van der Waals surface area contributed by atoms with Crippen LogP contribution in [0, 0.1) is 0 Å². The Balaban J connectivity index is 1.68. The topological polar surface area (TPSA) is 85.3 Å². The standard InChI is InChI=1S/C18H25NO6/c1-16-8-13(20)24-12-5-7-19-6-4-11(14(12)19)9-23-15(21)18(3,25-16)17(2,22)10-16/h4,12,14,22H,5-10H2,1-3H3. The van der Waals surface area contributed by atoms with Crippen molar-refractivity contribution in [3.05, 3.63) is 11.6 Å². The molecule has 0 aliphatic carbocycles. The first-order chi connectivity index (χ1) is 11.6. The third-order valence-corrected chi connectivity index (χ3v) is 6.17. The molecule has 0 radical (unpaired) electrons. The summed E-state index contributed by atoms with van der Waals surface area (Å²) in [5.41, 5.74) is -2.97. The Morgan fingerprint density at radius 3 is 2.80 bits per heavy atom. The van der Waals surface area contributed by atoms with Crippen molar-refractivity contribution in [2.24, 2.45) is 0 Å². The number of rotatable bonds is 0. The molecule has 3 fully saturated rings. The third-order valence-electron chi connectivity index (χ3n) is 6.17. The van der Waals surface area contributed by atoms with Crippen LogP contribution in [-0.2, 0) is 23.8 Å². The second-order valence-corrected chi connectivity index (χ2v) is 8.32. The molecule has 138 valence electrons. The number of hydrogen-bond acceptors (Lipinski definition) is 7. The van der Waals surface area contributed by atoms with Gasteiger partial charge in [0.05, 0.1) is 18.1 Å². The summed E-state index contributed by atoms with van der Waals surface area (Å²) in [6, 6.07) is -0.0177. The molecule has 0 aromatic heterocycles. The van der Waals surface area contributed by atoms with Gasteiger partial charge in [0.1, 0.15) is 18.3 Å². The number of aliphatic hydroxyl groups is 1. The highest BCUT2D eigenvalue weighted by Crippen LogP contribution is 2.48. The van der Waals surface area contributed by atoms with E-state index in [1.165, 1.54) is 6.92 Å². The first kappa shape index (κ1) is 17.0. The van der Waals surface area contributed by atoms with Gasteiger partial charge in [0.25, 0.3) is 0 Å². The summed E-state index contributed by atoms with van der Waals surface area (Å²) in [7, 11) is 0. The highest BCUT2D eigenvalue weighted by Gasteiger charge is 2.64. The molecule has 0 aromatic carbocycles. The van der Waals surface area contributed by atoms with Crippen LogP contribution in [0.1, 0.15) is 40.0 Å². The Labute approximate surface area is 146 Å². The van der Waals surface area contributed by atoms with E-state index in [1.807, 2.05) is 6.08 Å². The lowest BCUT2D eigenvalue weighted by atomic mass is 9.82. The zero-order chi connectivity index (χ0) is 18.0. The molecule has 2 bridgehead atoms. The lowest BCUT2D eigenvalue weighted by molar-refractivity contribution is -0.195. The van der Waals surface area contributed by atoms with Gasteiger partial charge in [-0.05, 0) is 32.8 Å². The molecule has 25 heavy (non-hydrogen) atoms. The van der Waals surface area contributed by atoms with Gasteiger partial charge in [-0.3, -0.25) is 9.69 Å². The molecule has 0 saturated carbocycles. The first-order valence-electron chi connectivity index (χ1n) is 8.86. The van der Waals surface area contributed by atoms with E-state index in [4.69, 9.17) is 14.2 Å². The number of carbonyl (C=O) groups excluding carboxylic acids is 2. The second kappa shape index (κ2) is 5.28. The van der Waals surface area contributed by atoms with Gasteiger partial charge in [0.15, 0.2) is 5.60 Å². The van der Waals surface area contributed by atoms with Gasteiger partial charge in [0.2, 0.25) is 0 Å². The number of fused-ring (bicyclic) bond motifs is 2. The molecule has 0 spiro atoms. The molecule has 0 aromatic rings. The normalized spacial score (nSPS) is 47.4. The van der Waals surface area contributed by atoms with Gasteiger partial charge >= 0.3 is 11.9 Å². The fourth-order valence-corrected chi connectivity index (χ4v) is 4.82. The molecule has 4 heterocycles. The Bertz CT molecular complexity index is 658. The summed E-state index contributed by atoms with van der Waals surface area (Å²) < 4.78 is 17.2. The molecular weight excluding hydrogens is 326 g/mol. The number of carbonyl (C=O) groups is 2. The lowest BCUT2D eigenvalue weighted by Gasteiger charge is -2.34. The van der Waals surface area contributed by atoms with Crippen molar-refractivity contribution in [3.63, 3.8) is 0 Å². The van der Waals surface area contributed by atoms with Crippen LogP contribution in [-0.4, -0.2) is 70.6 Å². The maximum atomic E-state index is 12.8. The average molecular weight is 351 g/mol. The fourth-order valence-electron chi connectivity index (χ4n) is 4.82. The van der Waals surface area contributed by atoms with E-state index < -0.39 is 22.8 Å². The SMILES string of the molecule is CC12CC(=O)OC3CCN4CC=C(COC(=O)C(C)(O1)C(C)(O)C2)C34. The van der Waals surface area contributed by atoms with Crippen LogP contribution in [0.5, 0.6) is 0 Å². The van der Waals surface area contributed by atoms with E-state index in [-0.39, 0.29) is 37.6 Å². The molecule has 1 N–H and O–H groups in total. The number of esters is 2. The van der Waals surface area contributed by atoms with Crippen LogP contribution < -0.4 is 0 Å². The van der Waals surface area contributed by atoms with Crippen LogP contribution in [0.3, 0.4) is 0 Å². The maximum absolute atomic E-state index is 12.8. The van der Waals surface area contributed by atoms with Crippen LogP contribution in [0.15, 0.2) is 11.6 Å². The van der Waals surface area contributed by atoms with Crippen LogP contribution >= 0.6 is 0 Å². The van der Waals surface area contributed by atoms with Crippen molar-refractivity contribution in [2.45, 2.75) is 69.0 Å². The van der Waals surface area contributed by atoms with Crippen molar-refractivity contribution < 1.29 is 28.9 Å². The quantitative estimate of drug-likeness (QED) is 0.504. The van der Waals surface area contributed by atoms with E-state index in [2.05, 4.69) is 4.90 Å². The molecule has 5 unspecified atom stereocenters. The fraction of sp³-hybridized carbons (Fsp3) is 0.778. The summed E-state index contributed by atoms with van der Waals surface area (Å²) in [6.07, 6.45) is 2.73. The Morgan fingerprint density at radius 1 is 1.28 bits per heavy atom. The van der Waals surface area contributed by atoms with Crippen molar-refractivity contribution >= 4 is 11.9 Å². The second-order valence-electron chi connectivity index (χ2n) is 8.32. The maximum Gasteiger partial charge on any atom is 0.341 e. The molecule has 7 heteroatoms. The van der Waals surface area contributed by atoms with E-state index in [0.29, 0.717) is 0 Å². The zero-order valence-corrected chi connectivity index (χ0v) is 14.9. The number of nitrogens with zero attached hydrogens (tertiary/aromatic N) is 1. The monoisotopic (exact) mass is 351 g/mol. The molecule has 4 rings (SSSR count). The lowest BCUT2D eigenvalue weighted by Crippen LogP contribution is -2.53. The Kier molecular flexibility index (Phi) is 3.59. The summed E-state index contributed by atoms with van der Waals surface area (Å²) >= 11 is 0. The van der Waals surface area contributed by atoms with Crippen LogP contribution in [0.4, 0.5) is 0 Å². The van der Waals surface area contributed by atoms with Crippen molar-refractivity contribution in [2.75, 3.05) is 19.7 Å². The van der Waals surface area contributed by atoms with Gasteiger partial charge < -0.3 is 19.3 Å². The van der Waals surface area contributed by atoms with Crippen molar-refractivity contribution in [1.82, 2.24) is 4.90 Å². The van der Waals surface area contributed by atoms with Gasteiger partial charge in [-0.15, -0.1) is 0 Å². The van der Waals surface area contributed by atoms with Gasteiger partial charge in [-0.1, -0.05) is 6.08 Å². The zero-order valence-electron chi connectivity index (χ0n) is 14.9. The summed E-state index contributed by atoms with van der Waals surface area (Å²) in [5, 5.41) is 10.8. The predicted molar refractivity (Wildman–Crippen MR) is 86.7 cm³/mol. The van der Waals surface area contributed by atoms with Crippen molar-refractivity contribution in [1.29, 1.82) is 0 Å². The van der Waals surface area contributed by atoms with Gasteiger partial charge in [-0.25, -0.2) is 4.79 Å². The molecule has 4 aliphatic rings. The highest BCUT2D eigenvalue weighted by atomic mass is 16.6. The minimum Gasteiger partial charge on any atom is -0.460 e. The van der Waals surface area contributed by atoms with E-state index >= 15 is 0 Å². The molecular formula is C18H25NO6. The third kappa shape index (κ3) is 2.52. The molecule has 3 saturated heterocycles. The highest BCUT2D eigenvalue weighted by molar-refractivity contribution is 5.82. The molecule has 4 aliphatic heterocycles. The Morgan fingerprint density at radius 2 is 2.04 bits per heavy atom. The minimum atomic E-state index is -1.52. The molecule has 7 nitrogen and oxygen atoms in total. The number of hydrogen-bond donors (Lipinski definition) is 1. The summed E-state index contributed by atoms with van der Waals surface area (Å²) in [6.45, 7) is 6.57.